The lowest BCUT2D eigenvalue weighted by molar-refractivity contribution is 0.460. The van der Waals surface area contributed by atoms with Gasteiger partial charge in [-0.15, -0.1) is 0 Å². The number of rotatable bonds is 1. The molecule has 0 radical (unpaired) electrons. The minimum absolute atomic E-state index is 0.249. The molecule has 20 heavy (non-hydrogen) atoms. The molecule has 104 valence electrons. The maximum Gasteiger partial charge on any atom is 0.0585 e. The second-order valence-electron chi connectivity index (χ2n) is 6.23. The summed E-state index contributed by atoms with van der Waals surface area (Å²) in [7, 11) is 0. The van der Waals surface area contributed by atoms with E-state index in [2.05, 4.69) is 41.1 Å². The lowest BCUT2D eigenvalue weighted by Gasteiger charge is -2.30. The van der Waals surface area contributed by atoms with Gasteiger partial charge in [0.1, 0.15) is 0 Å². The van der Waals surface area contributed by atoms with Crippen molar-refractivity contribution < 1.29 is 0 Å². The molecule has 2 unspecified atom stereocenters. The lowest BCUT2D eigenvalue weighted by Crippen LogP contribution is -2.22. The first-order valence-corrected chi connectivity index (χ1v) is 7.87. The highest BCUT2D eigenvalue weighted by atomic mass is 15.0. The van der Waals surface area contributed by atoms with E-state index < -0.39 is 0 Å². The molecule has 0 spiro atoms. The van der Waals surface area contributed by atoms with Crippen LogP contribution >= 0.6 is 0 Å². The summed E-state index contributed by atoms with van der Waals surface area (Å²) in [4.78, 5) is 0. The number of nitrogens with zero attached hydrogens (tertiary/aromatic N) is 1. The second-order valence-corrected chi connectivity index (χ2v) is 6.23. The van der Waals surface area contributed by atoms with Crippen molar-refractivity contribution in [2.75, 3.05) is 0 Å². The molecule has 1 heterocycles. The molecule has 0 saturated heterocycles. The number of hydrogen-bond acceptors (Lipinski definition) is 1. The van der Waals surface area contributed by atoms with Crippen LogP contribution in [-0.4, -0.2) is 4.57 Å². The van der Waals surface area contributed by atoms with Crippen LogP contribution in [0.15, 0.2) is 36.5 Å². The Morgan fingerprint density at radius 2 is 1.80 bits per heavy atom. The van der Waals surface area contributed by atoms with E-state index in [4.69, 9.17) is 5.73 Å². The summed E-state index contributed by atoms with van der Waals surface area (Å²) in [6.45, 7) is 0. The van der Waals surface area contributed by atoms with Gasteiger partial charge in [0.25, 0.3) is 0 Å². The van der Waals surface area contributed by atoms with Crippen molar-refractivity contribution in [1.29, 1.82) is 0 Å². The number of aromatic nitrogens is 1. The van der Waals surface area contributed by atoms with E-state index >= 15 is 0 Å². The van der Waals surface area contributed by atoms with E-state index in [-0.39, 0.29) is 6.04 Å². The summed E-state index contributed by atoms with van der Waals surface area (Å²) < 4.78 is 2.52. The molecule has 2 aliphatic carbocycles. The Balaban J connectivity index is 1.80. The van der Waals surface area contributed by atoms with Gasteiger partial charge in [-0.2, -0.15) is 0 Å². The number of benzene rings is 1. The highest BCUT2D eigenvalue weighted by Crippen LogP contribution is 2.37. The van der Waals surface area contributed by atoms with Crippen molar-refractivity contribution in [3.63, 3.8) is 0 Å². The number of fused-ring (bicyclic) bond motifs is 2. The van der Waals surface area contributed by atoms with Gasteiger partial charge < -0.3 is 10.3 Å². The van der Waals surface area contributed by atoms with Crippen LogP contribution in [0.3, 0.4) is 0 Å². The molecule has 1 aromatic heterocycles. The average molecular weight is 266 g/mol. The maximum atomic E-state index is 6.27. The summed E-state index contributed by atoms with van der Waals surface area (Å²) in [6, 6.07) is 12.0. The fourth-order valence-electron chi connectivity index (χ4n) is 4.06. The Morgan fingerprint density at radius 1 is 0.950 bits per heavy atom. The molecule has 0 bridgehead atoms. The lowest BCUT2D eigenvalue weighted by atomic mass is 9.87. The summed E-state index contributed by atoms with van der Waals surface area (Å²) in [5.41, 5.74) is 12.2. The van der Waals surface area contributed by atoms with Crippen LogP contribution in [0.25, 0.3) is 0 Å². The molecule has 2 N–H and O–H groups in total. The predicted molar refractivity (Wildman–Crippen MR) is 81.8 cm³/mol. The first-order chi connectivity index (χ1) is 9.84. The molecule has 2 aromatic rings. The Morgan fingerprint density at radius 3 is 2.75 bits per heavy atom. The van der Waals surface area contributed by atoms with Crippen molar-refractivity contribution in [3.05, 3.63) is 58.9 Å². The van der Waals surface area contributed by atoms with Gasteiger partial charge in [0, 0.05) is 17.9 Å². The largest absolute Gasteiger partial charge is 0.344 e. The first kappa shape index (κ1) is 12.2. The van der Waals surface area contributed by atoms with Crippen LogP contribution in [0.5, 0.6) is 0 Å². The highest BCUT2D eigenvalue weighted by molar-refractivity contribution is 5.36. The molecule has 0 saturated carbocycles. The van der Waals surface area contributed by atoms with Gasteiger partial charge in [-0.1, -0.05) is 24.3 Å². The van der Waals surface area contributed by atoms with Crippen molar-refractivity contribution in [2.24, 2.45) is 5.73 Å². The number of hydrogen-bond donors (Lipinski definition) is 1. The van der Waals surface area contributed by atoms with Crippen LogP contribution in [-0.2, 0) is 12.8 Å². The van der Waals surface area contributed by atoms with Crippen LogP contribution < -0.4 is 5.73 Å². The fourth-order valence-corrected chi connectivity index (χ4v) is 4.06. The normalized spacial score (nSPS) is 25.1. The fraction of sp³-hybridized carbons (Fsp3) is 0.444. The third-order valence-corrected chi connectivity index (χ3v) is 5.06. The molecular formula is C18H22N2. The molecular weight excluding hydrogens is 244 g/mol. The Kier molecular flexibility index (Phi) is 2.92. The van der Waals surface area contributed by atoms with Crippen molar-refractivity contribution in [2.45, 2.75) is 50.6 Å². The van der Waals surface area contributed by atoms with Crippen molar-refractivity contribution in [3.8, 4) is 0 Å². The van der Waals surface area contributed by atoms with Gasteiger partial charge in [-0.25, -0.2) is 0 Å². The van der Waals surface area contributed by atoms with Crippen LogP contribution in [0, 0.1) is 0 Å². The summed E-state index contributed by atoms with van der Waals surface area (Å²) in [5, 5.41) is 0. The zero-order valence-corrected chi connectivity index (χ0v) is 11.9. The minimum atomic E-state index is 0.249. The SMILES string of the molecule is NC1CCCc2c1ccn2C1CCCc2ccccc21. The van der Waals surface area contributed by atoms with Crippen LogP contribution in [0.4, 0.5) is 0 Å². The molecule has 2 nitrogen and oxygen atoms in total. The van der Waals surface area contributed by atoms with Gasteiger partial charge in [0.15, 0.2) is 0 Å². The zero-order chi connectivity index (χ0) is 13.5. The topological polar surface area (TPSA) is 30.9 Å². The van der Waals surface area contributed by atoms with E-state index in [1.807, 2.05) is 0 Å². The van der Waals surface area contributed by atoms with Gasteiger partial charge in [-0.3, -0.25) is 0 Å². The predicted octanol–water partition coefficient (Wildman–Crippen LogP) is 3.75. The van der Waals surface area contributed by atoms with Crippen LogP contribution in [0.2, 0.25) is 0 Å². The third kappa shape index (κ3) is 1.82. The molecule has 1 aromatic carbocycles. The Labute approximate surface area is 120 Å². The first-order valence-electron chi connectivity index (χ1n) is 7.87. The number of aryl methyl sites for hydroxylation is 1. The molecule has 0 aliphatic heterocycles. The molecule has 0 amide bonds. The molecule has 2 aliphatic rings. The van der Waals surface area contributed by atoms with E-state index in [1.54, 1.807) is 0 Å². The summed E-state index contributed by atoms with van der Waals surface area (Å²) >= 11 is 0. The molecule has 4 rings (SSSR count). The zero-order valence-electron chi connectivity index (χ0n) is 11.9. The quantitative estimate of drug-likeness (QED) is 0.837. The molecule has 0 fully saturated rings. The van der Waals surface area contributed by atoms with E-state index in [1.165, 1.54) is 54.5 Å². The van der Waals surface area contributed by atoms with E-state index in [0.717, 1.165) is 6.42 Å². The van der Waals surface area contributed by atoms with Gasteiger partial charge in [0.05, 0.1) is 6.04 Å². The molecule has 2 atom stereocenters. The van der Waals surface area contributed by atoms with Gasteiger partial charge >= 0.3 is 0 Å². The highest BCUT2D eigenvalue weighted by Gasteiger charge is 2.26. The third-order valence-electron chi connectivity index (χ3n) is 5.06. The van der Waals surface area contributed by atoms with Gasteiger partial charge in [0.2, 0.25) is 0 Å². The maximum absolute atomic E-state index is 6.27. The van der Waals surface area contributed by atoms with Crippen molar-refractivity contribution >= 4 is 0 Å². The molecule has 2 heteroatoms. The van der Waals surface area contributed by atoms with Crippen molar-refractivity contribution in [1.82, 2.24) is 4.57 Å². The van der Waals surface area contributed by atoms with Gasteiger partial charge in [-0.05, 0) is 61.3 Å². The standard InChI is InChI=1S/C18H22N2/c19-16-8-4-10-18-15(16)11-12-20(18)17-9-3-6-13-5-1-2-7-14(13)17/h1-2,5,7,11-12,16-17H,3-4,6,8-10,19H2. The monoisotopic (exact) mass is 266 g/mol. The Hall–Kier alpha value is -1.54. The summed E-state index contributed by atoms with van der Waals surface area (Å²) in [6.07, 6.45) is 9.62. The van der Waals surface area contributed by atoms with Crippen LogP contribution in [0.1, 0.15) is 60.2 Å². The number of nitrogens with two attached hydrogens (primary N) is 1. The van der Waals surface area contributed by atoms with E-state index in [0.29, 0.717) is 6.04 Å². The average Bonchev–Trinajstić information content (AvgIpc) is 2.92. The second kappa shape index (κ2) is 4.78. The smallest absolute Gasteiger partial charge is 0.0585 e. The summed E-state index contributed by atoms with van der Waals surface area (Å²) in [5.74, 6) is 0. The Bertz CT molecular complexity index is 626. The minimum Gasteiger partial charge on any atom is -0.344 e. The van der Waals surface area contributed by atoms with E-state index in [9.17, 15) is 0 Å².